The van der Waals surface area contributed by atoms with E-state index in [1.807, 2.05) is 6.07 Å². The lowest BCUT2D eigenvalue weighted by Gasteiger charge is -2.00. The molecule has 14 heavy (non-hydrogen) atoms. The maximum Gasteiger partial charge on any atom is 0.287 e. The van der Waals surface area contributed by atoms with Gasteiger partial charge in [-0.05, 0) is 0 Å². The number of hydrogen-bond donors (Lipinski definition) is 0. The molecule has 0 saturated carbocycles. The SMILES string of the molecule is N#CCc1ncc([N+](=O)[O-])cc1CF. The third kappa shape index (κ3) is 2.01. The van der Waals surface area contributed by atoms with Crippen molar-refractivity contribution in [2.75, 3.05) is 0 Å². The molecular formula is C8H6FN3O2. The largest absolute Gasteiger partial charge is 0.287 e. The molecule has 6 heteroatoms. The van der Waals surface area contributed by atoms with Crippen LogP contribution in [0.4, 0.5) is 10.1 Å². The fourth-order valence-corrected chi connectivity index (χ4v) is 0.976. The molecule has 5 nitrogen and oxygen atoms in total. The van der Waals surface area contributed by atoms with Gasteiger partial charge in [-0.2, -0.15) is 5.26 Å². The van der Waals surface area contributed by atoms with Crippen molar-refractivity contribution in [3.8, 4) is 6.07 Å². The number of halogens is 1. The van der Waals surface area contributed by atoms with E-state index in [1.165, 1.54) is 0 Å². The maximum atomic E-state index is 12.4. The van der Waals surface area contributed by atoms with Gasteiger partial charge in [0.05, 0.1) is 23.1 Å². The van der Waals surface area contributed by atoms with Crippen molar-refractivity contribution < 1.29 is 9.31 Å². The average molecular weight is 195 g/mol. The van der Waals surface area contributed by atoms with Crippen molar-refractivity contribution in [3.05, 3.63) is 33.6 Å². The second-order valence-electron chi connectivity index (χ2n) is 2.52. The zero-order chi connectivity index (χ0) is 10.6. The van der Waals surface area contributed by atoms with Crippen LogP contribution >= 0.6 is 0 Å². The van der Waals surface area contributed by atoms with E-state index < -0.39 is 11.6 Å². The second-order valence-corrected chi connectivity index (χ2v) is 2.52. The summed E-state index contributed by atoms with van der Waals surface area (Å²) in [6.45, 7) is -0.855. The van der Waals surface area contributed by atoms with Crippen LogP contribution in [0.15, 0.2) is 12.3 Å². The van der Waals surface area contributed by atoms with Crippen molar-refractivity contribution in [2.24, 2.45) is 0 Å². The van der Waals surface area contributed by atoms with E-state index in [4.69, 9.17) is 5.26 Å². The number of aromatic nitrogens is 1. The Morgan fingerprint density at radius 1 is 1.71 bits per heavy atom. The zero-order valence-electron chi connectivity index (χ0n) is 7.11. The topological polar surface area (TPSA) is 79.8 Å². The molecule has 0 N–H and O–H groups in total. The molecule has 1 aromatic heterocycles. The minimum Gasteiger partial charge on any atom is -0.258 e. The Hall–Kier alpha value is -2.03. The van der Waals surface area contributed by atoms with E-state index in [1.54, 1.807) is 0 Å². The smallest absolute Gasteiger partial charge is 0.258 e. The third-order valence-electron chi connectivity index (χ3n) is 1.65. The highest BCUT2D eigenvalue weighted by atomic mass is 19.1. The molecular weight excluding hydrogens is 189 g/mol. The Morgan fingerprint density at radius 3 is 2.93 bits per heavy atom. The third-order valence-corrected chi connectivity index (χ3v) is 1.65. The fraction of sp³-hybridized carbons (Fsp3) is 0.250. The minimum atomic E-state index is -0.855. The highest BCUT2D eigenvalue weighted by Crippen LogP contribution is 2.16. The van der Waals surface area contributed by atoms with Gasteiger partial charge in [0.2, 0.25) is 0 Å². The molecule has 0 aliphatic carbocycles. The van der Waals surface area contributed by atoms with E-state index in [9.17, 15) is 14.5 Å². The molecule has 0 unspecified atom stereocenters. The van der Waals surface area contributed by atoms with Crippen molar-refractivity contribution in [3.63, 3.8) is 0 Å². The van der Waals surface area contributed by atoms with Gasteiger partial charge in [0, 0.05) is 11.6 Å². The Balaban J connectivity index is 3.12. The average Bonchev–Trinajstić information content (AvgIpc) is 2.18. The first-order chi connectivity index (χ1) is 6.69. The monoisotopic (exact) mass is 195 g/mol. The van der Waals surface area contributed by atoms with Gasteiger partial charge in [0.25, 0.3) is 5.69 Å². The Morgan fingerprint density at radius 2 is 2.43 bits per heavy atom. The molecule has 0 amide bonds. The van der Waals surface area contributed by atoms with Crippen LogP contribution in [0, 0.1) is 21.4 Å². The van der Waals surface area contributed by atoms with E-state index in [2.05, 4.69) is 4.98 Å². The lowest BCUT2D eigenvalue weighted by molar-refractivity contribution is -0.385. The summed E-state index contributed by atoms with van der Waals surface area (Å²) in [6.07, 6.45) is 0.975. The van der Waals surface area contributed by atoms with Crippen molar-refractivity contribution >= 4 is 5.69 Å². The van der Waals surface area contributed by atoms with Crippen LogP contribution < -0.4 is 0 Å². The van der Waals surface area contributed by atoms with Crippen LogP contribution in [-0.4, -0.2) is 9.91 Å². The van der Waals surface area contributed by atoms with Crippen molar-refractivity contribution in [1.82, 2.24) is 4.98 Å². The van der Waals surface area contributed by atoms with Crippen LogP contribution in [0.25, 0.3) is 0 Å². The molecule has 72 valence electrons. The molecule has 0 aromatic carbocycles. The number of nitriles is 1. The summed E-state index contributed by atoms with van der Waals surface area (Å²) in [7, 11) is 0. The normalized spacial score (nSPS) is 9.43. The van der Waals surface area contributed by atoms with Gasteiger partial charge in [-0.25, -0.2) is 4.39 Å². The first-order valence-electron chi connectivity index (χ1n) is 3.74. The van der Waals surface area contributed by atoms with E-state index >= 15 is 0 Å². The summed E-state index contributed by atoms with van der Waals surface area (Å²) in [4.78, 5) is 13.3. The van der Waals surface area contributed by atoms with Crippen molar-refractivity contribution in [1.29, 1.82) is 5.26 Å². The number of hydrogen-bond acceptors (Lipinski definition) is 4. The predicted octanol–water partition coefficient (Wildman–Crippen LogP) is 1.53. The molecule has 1 aromatic rings. The van der Waals surface area contributed by atoms with E-state index in [0.29, 0.717) is 0 Å². The Bertz CT molecular complexity index is 400. The zero-order valence-corrected chi connectivity index (χ0v) is 7.11. The molecule has 0 saturated heterocycles. The Kier molecular flexibility index (Phi) is 3.07. The summed E-state index contributed by atoms with van der Waals surface area (Å²) in [5, 5.41) is 18.7. The van der Waals surface area contributed by atoms with Crippen LogP contribution in [-0.2, 0) is 13.1 Å². The van der Waals surface area contributed by atoms with Gasteiger partial charge < -0.3 is 0 Å². The molecule has 0 atom stereocenters. The first-order valence-corrected chi connectivity index (χ1v) is 3.74. The van der Waals surface area contributed by atoms with Gasteiger partial charge >= 0.3 is 0 Å². The summed E-state index contributed by atoms with van der Waals surface area (Å²) in [5.74, 6) is 0. The molecule has 0 aliphatic rings. The lowest BCUT2D eigenvalue weighted by Crippen LogP contribution is -1.98. The molecule has 0 spiro atoms. The second kappa shape index (κ2) is 4.28. The van der Waals surface area contributed by atoms with Gasteiger partial charge in [-0.3, -0.25) is 15.1 Å². The summed E-state index contributed by atoms with van der Waals surface area (Å²) < 4.78 is 12.4. The number of alkyl halides is 1. The van der Waals surface area contributed by atoms with E-state index in [-0.39, 0.29) is 23.4 Å². The molecule has 1 rings (SSSR count). The summed E-state index contributed by atoms with van der Waals surface area (Å²) in [5.41, 5.74) is 0.0840. The number of pyridine rings is 1. The quantitative estimate of drug-likeness (QED) is 0.541. The maximum absolute atomic E-state index is 12.4. The standard InChI is InChI=1S/C8H6FN3O2/c9-4-6-3-7(12(13)14)5-11-8(6)1-2-10/h3,5H,1,4H2. The lowest BCUT2D eigenvalue weighted by atomic mass is 10.1. The van der Waals surface area contributed by atoms with Crippen LogP contribution in [0.2, 0.25) is 0 Å². The number of nitro groups is 1. The van der Waals surface area contributed by atoms with Gasteiger partial charge in [0.15, 0.2) is 0 Å². The Labute approximate surface area is 79.0 Å². The number of nitrogens with zero attached hydrogens (tertiary/aromatic N) is 3. The van der Waals surface area contributed by atoms with Crippen molar-refractivity contribution in [2.45, 2.75) is 13.1 Å². The predicted molar refractivity (Wildman–Crippen MR) is 45.0 cm³/mol. The molecule has 0 aliphatic heterocycles. The first kappa shape index (κ1) is 10.1. The summed E-state index contributed by atoms with van der Waals surface area (Å²) >= 11 is 0. The molecule has 0 bridgehead atoms. The van der Waals surface area contributed by atoms with Gasteiger partial charge in [-0.1, -0.05) is 0 Å². The van der Waals surface area contributed by atoms with Crippen LogP contribution in [0.3, 0.4) is 0 Å². The minimum absolute atomic E-state index is 0.0444. The van der Waals surface area contributed by atoms with E-state index in [0.717, 1.165) is 12.3 Å². The fourth-order valence-electron chi connectivity index (χ4n) is 0.976. The molecule has 1 heterocycles. The summed E-state index contributed by atoms with van der Waals surface area (Å²) in [6, 6.07) is 2.91. The van der Waals surface area contributed by atoms with Crippen LogP contribution in [0.1, 0.15) is 11.3 Å². The highest BCUT2D eigenvalue weighted by molar-refractivity contribution is 5.34. The highest BCUT2D eigenvalue weighted by Gasteiger charge is 2.11. The number of rotatable bonds is 3. The van der Waals surface area contributed by atoms with Gasteiger partial charge in [-0.15, -0.1) is 0 Å². The molecule has 0 fully saturated rings. The molecule has 0 radical (unpaired) electrons. The van der Waals surface area contributed by atoms with Crippen LogP contribution in [0.5, 0.6) is 0 Å². The van der Waals surface area contributed by atoms with Gasteiger partial charge in [0.1, 0.15) is 12.9 Å².